The summed E-state index contributed by atoms with van der Waals surface area (Å²) in [5.74, 6) is 0. The third-order valence-corrected chi connectivity index (χ3v) is 28.3. The summed E-state index contributed by atoms with van der Waals surface area (Å²) in [6.07, 6.45) is 7.68. The average Bonchev–Trinajstić information content (AvgIpc) is 1.54. The van der Waals surface area contributed by atoms with Gasteiger partial charge < -0.3 is 0 Å². The molecule has 0 saturated carbocycles. The Labute approximate surface area is 866 Å². The maximum Gasteiger partial charge on any atom is 0.207 e. The zero-order chi connectivity index (χ0) is 91.8. The van der Waals surface area contributed by atoms with Crippen LogP contribution in [0.15, 0.2) is 477 Å². The molecule has 5 heterocycles. The predicted molar refractivity (Wildman–Crippen MR) is 548 cm³/mol. The number of nitrogens with zero attached hydrogens (tertiary/aromatic N) is 4. The third-order valence-electron chi connectivity index (χ3n) is 26.4. The van der Waals surface area contributed by atoms with Crippen molar-refractivity contribution in [3.8, 4) is 100 Å². The van der Waals surface area contributed by atoms with Crippen LogP contribution in [-0.4, -0.2) is 28.4 Å². The third kappa shape index (κ3) is 19.7. The fraction of sp³-hybridized carbons (Fsp3) is 0.0866. The summed E-state index contributed by atoms with van der Waals surface area (Å²) in [4.78, 5) is 20.2. The molecule has 1 aliphatic carbocycles. The van der Waals surface area contributed by atoms with Gasteiger partial charge in [-0.1, -0.05) is 319 Å². The van der Waals surface area contributed by atoms with Crippen molar-refractivity contribution in [1.29, 1.82) is 0 Å². The summed E-state index contributed by atoms with van der Waals surface area (Å²) < 4.78 is 26.1. The summed E-state index contributed by atoms with van der Waals surface area (Å²) >= 11 is 0. The van der Waals surface area contributed by atoms with Crippen LogP contribution in [0.3, 0.4) is 0 Å². The van der Waals surface area contributed by atoms with Crippen molar-refractivity contribution in [3.63, 3.8) is 0 Å². The molecule has 684 valence electrons. The fourth-order valence-corrected chi connectivity index (χ4v) is 21.1. The van der Waals surface area contributed by atoms with Gasteiger partial charge in [0.25, 0.3) is 0 Å². The van der Waals surface area contributed by atoms with E-state index in [2.05, 4.69) is 399 Å². The predicted octanol–water partition coefficient (Wildman–Crippen LogP) is 30.3. The van der Waals surface area contributed by atoms with Crippen LogP contribution in [-0.2, 0) is 112 Å². The van der Waals surface area contributed by atoms with Gasteiger partial charge in [0.15, 0.2) is 0 Å². The fourth-order valence-electron chi connectivity index (χ4n) is 19.4. The van der Waals surface area contributed by atoms with Crippen molar-refractivity contribution in [2.24, 2.45) is 0 Å². The molecule has 0 unspecified atom stereocenters. The van der Waals surface area contributed by atoms with E-state index < -0.39 is 20.7 Å². The van der Waals surface area contributed by atoms with Crippen molar-refractivity contribution in [3.05, 3.63) is 576 Å². The molecule has 16 aromatic carbocycles. The van der Waals surface area contributed by atoms with Crippen molar-refractivity contribution in [1.82, 2.24) is 19.9 Å². The molecule has 2 aliphatic rings. The molecule has 4 aromatic heterocycles. The topological polar surface area (TPSA) is 85.7 Å². The van der Waals surface area contributed by atoms with Gasteiger partial charge >= 0.3 is 0 Å². The van der Waals surface area contributed by atoms with Crippen LogP contribution < -0.4 is 0 Å². The largest absolute Gasteiger partial charge is 0.260 e. The molecule has 22 rings (SSSR count). The van der Waals surface area contributed by atoms with Gasteiger partial charge in [-0.05, 0) is 203 Å². The van der Waals surface area contributed by atoms with Gasteiger partial charge in [0.1, 0.15) is 0 Å². The Kier molecular flexibility index (Phi) is 31.3. The number of pyridine rings is 4. The number of benzene rings is 16. The van der Waals surface area contributed by atoms with Gasteiger partial charge in [0, 0.05) is 139 Å². The first-order valence-corrected chi connectivity index (χ1v) is 47.0. The number of aryl methyl sites for hydroxylation is 3. The van der Waals surface area contributed by atoms with Crippen molar-refractivity contribution < 1.29 is 88.8 Å². The van der Waals surface area contributed by atoms with Crippen LogP contribution in [0.4, 0.5) is 0 Å². The number of hydrogen-bond acceptors (Lipinski definition) is 6. The standard InChI is InChI=1S/C37H26N.C36H26N.C28H26N.C26H20NO2S.4Ir/c1-26-25-38-36(24-33(26)29-22-20-28(21-23-29)27-12-4-2-5-13-27)37(30-14-6-3-7-15-30)34-18-10-8-16-31(34)32-17-9-11-19-35(32)37;1-5-13-28(14-6-1)29-21-23-30(24-22-29)31-25-26-37-35(27-31)36(32-15-7-2-8-16-32,33-17-9-3-10-18-33)34-19-11-4-12-20-34;1-20-17-24(22-11-7-5-8-12-22)18-21(2)27(20)23-15-16-29-26(19-23)28(3,4)25-13-9-6-10-14-25;1-26(2,20-8-4-3-5-9-20)25-17-19(14-15-27-25)18-12-13-22-21-10-6-7-11-23(21)30(28,29)24(22)16-18;;;;/h2-14,16-25H,1H3;1-19,21-27H;5-13,15-19H,1-4H3;3-8,10-17H,1-2H3;;;;/q4*-1;;;;. The summed E-state index contributed by atoms with van der Waals surface area (Å²) in [7, 11) is -3.50. The Morgan fingerprint density at radius 1 is 0.261 bits per heavy atom. The van der Waals surface area contributed by atoms with Crippen LogP contribution in [0.2, 0.25) is 0 Å². The van der Waals surface area contributed by atoms with E-state index in [4.69, 9.17) is 15.0 Å². The van der Waals surface area contributed by atoms with Crippen LogP contribution in [0, 0.1) is 45.0 Å². The molecular formula is C127H98Ir4N4O2S-4. The molecule has 11 heteroatoms. The molecule has 20 aromatic rings. The number of hydrogen-bond donors (Lipinski definition) is 0. The molecule has 0 atom stereocenters. The molecule has 0 amide bonds. The molecule has 0 bridgehead atoms. The van der Waals surface area contributed by atoms with E-state index in [0.29, 0.717) is 9.79 Å². The second kappa shape index (κ2) is 43.6. The first-order valence-electron chi connectivity index (χ1n) is 45.5. The number of sulfone groups is 1. The molecule has 138 heavy (non-hydrogen) atoms. The maximum atomic E-state index is 13.1. The van der Waals surface area contributed by atoms with E-state index in [1.165, 1.54) is 89.0 Å². The first kappa shape index (κ1) is 99.2. The summed E-state index contributed by atoms with van der Waals surface area (Å²) in [6, 6.07) is 167. The van der Waals surface area contributed by atoms with Crippen LogP contribution in [0.5, 0.6) is 0 Å². The Morgan fingerprint density at radius 3 is 1.09 bits per heavy atom. The van der Waals surface area contributed by atoms with Crippen LogP contribution in [0.25, 0.3) is 100 Å². The van der Waals surface area contributed by atoms with Crippen molar-refractivity contribution >= 4 is 9.84 Å². The summed E-state index contributed by atoms with van der Waals surface area (Å²) in [6.45, 7) is 15.2. The quantitative estimate of drug-likeness (QED) is 0.0667. The minimum Gasteiger partial charge on any atom is -0.260 e. The zero-order valence-electron chi connectivity index (χ0n) is 77.3. The van der Waals surface area contributed by atoms with Gasteiger partial charge in [0.05, 0.1) is 32.0 Å². The normalized spacial score (nSPS) is 12.1. The molecular weight excluding hydrogens is 2410 g/mol. The van der Waals surface area contributed by atoms with E-state index in [-0.39, 0.29) is 91.3 Å². The summed E-state index contributed by atoms with van der Waals surface area (Å²) in [5, 5.41) is 0. The minimum atomic E-state index is -3.50. The van der Waals surface area contributed by atoms with Gasteiger partial charge in [-0.3, -0.25) is 19.9 Å². The van der Waals surface area contributed by atoms with Crippen molar-refractivity contribution in [2.45, 2.75) is 79.9 Å². The molecule has 6 nitrogen and oxygen atoms in total. The molecule has 0 saturated heterocycles. The smallest absolute Gasteiger partial charge is 0.207 e. The Bertz CT molecular complexity index is 7510. The van der Waals surface area contributed by atoms with Gasteiger partial charge in [0.2, 0.25) is 9.84 Å². The van der Waals surface area contributed by atoms with Crippen LogP contribution in [0.1, 0.15) is 112 Å². The Balaban J connectivity index is 0.000000139. The molecule has 0 N–H and O–H groups in total. The zero-order valence-corrected chi connectivity index (χ0v) is 87.7. The van der Waals surface area contributed by atoms with E-state index in [1.807, 2.05) is 122 Å². The Hall–Kier alpha value is -13.3. The number of aromatic nitrogens is 4. The van der Waals surface area contributed by atoms with E-state index in [9.17, 15) is 8.42 Å². The van der Waals surface area contributed by atoms with E-state index in [1.54, 1.807) is 24.4 Å². The number of rotatable bonds is 17. The SMILES string of the molecule is CC(C)(c1[c-]cccc1)c1cc(-c2ccc3c(c2)S(=O)(=O)c2ccccc2-3)ccn1.Cc1cc(-c2ccccc2)cc(C)c1-c1ccnc(C(C)(C)c2[c-]cccc2)c1.Cc1cnc(C2(c3[c-]cccc3)c3ccccc3-c3ccccc32)cc1-c1ccc(-c2ccccc2)cc1.[Ir].[Ir].[Ir].[Ir].[c-]1ccccc1C(c1ccccc1)(c1ccccc1)c1cc(-c2ccc(-c3ccccc3)cc2)ccn1. The van der Waals surface area contributed by atoms with Gasteiger partial charge in [-0.15, -0.1) is 11.1 Å². The monoisotopic (exact) mass is 2510 g/mol. The van der Waals surface area contributed by atoms with E-state index in [0.717, 1.165) is 95.1 Å². The minimum absolute atomic E-state index is 0. The maximum absolute atomic E-state index is 13.1. The average molecular weight is 2510 g/mol. The van der Waals surface area contributed by atoms with Gasteiger partial charge in [-0.25, -0.2) is 8.42 Å². The molecule has 1 aliphatic heterocycles. The van der Waals surface area contributed by atoms with Crippen molar-refractivity contribution in [2.75, 3.05) is 0 Å². The second-order valence-corrected chi connectivity index (χ2v) is 37.2. The van der Waals surface area contributed by atoms with E-state index >= 15 is 0 Å². The Morgan fingerprint density at radius 2 is 0.616 bits per heavy atom. The molecule has 0 spiro atoms. The van der Waals surface area contributed by atoms with Crippen LogP contribution >= 0.6 is 0 Å². The van der Waals surface area contributed by atoms with Gasteiger partial charge in [-0.2, -0.15) is 132 Å². The first-order chi connectivity index (χ1) is 65.5. The number of fused-ring (bicyclic) bond motifs is 6. The summed E-state index contributed by atoms with van der Waals surface area (Å²) in [5.41, 5.74) is 35.7. The second-order valence-electron chi connectivity index (χ2n) is 35.3. The molecule has 4 radical (unpaired) electrons. The molecule has 0 fully saturated rings.